The van der Waals surface area contributed by atoms with E-state index in [1.54, 1.807) is 36.4 Å². The Bertz CT molecular complexity index is 3450. The summed E-state index contributed by atoms with van der Waals surface area (Å²) in [6, 6.07) is 63.7. The molecular weight excluding hydrogens is 1140 g/mol. The van der Waals surface area contributed by atoms with Crippen LogP contribution in [0.25, 0.3) is 32.3 Å². The Labute approximate surface area is 535 Å². The molecule has 0 saturated heterocycles. The van der Waals surface area contributed by atoms with Crippen LogP contribution in [0.4, 0.5) is 22.0 Å². The van der Waals surface area contributed by atoms with Crippen molar-refractivity contribution in [2.45, 2.75) is 208 Å². The summed E-state index contributed by atoms with van der Waals surface area (Å²) in [5.74, 6) is -0.106. The zero-order chi connectivity index (χ0) is 66.1. The van der Waals surface area contributed by atoms with Gasteiger partial charge in [0.1, 0.15) is 6.10 Å². The van der Waals surface area contributed by atoms with Gasteiger partial charge in [-0.25, -0.2) is 8.78 Å². The number of benzene rings is 9. The molecule has 0 saturated carbocycles. The van der Waals surface area contributed by atoms with Crippen molar-refractivity contribution < 1.29 is 37.3 Å². The Kier molecular flexibility index (Phi) is 30.7. The molecule has 2 atom stereocenters. The monoisotopic (exact) mass is 1240 g/mol. The van der Waals surface area contributed by atoms with E-state index in [1.807, 2.05) is 65.8 Å². The predicted molar refractivity (Wildman–Crippen MR) is 370 cm³/mol. The molecule has 9 aromatic carbocycles. The molecule has 0 amide bonds. The molecule has 0 bridgehead atoms. The molecule has 9 aromatic rings. The number of rotatable bonds is 17. The van der Waals surface area contributed by atoms with Crippen LogP contribution in [0.1, 0.15) is 234 Å². The van der Waals surface area contributed by atoms with Crippen molar-refractivity contribution in [1.29, 1.82) is 0 Å². The van der Waals surface area contributed by atoms with Gasteiger partial charge in [-0.05, 0) is 138 Å². The van der Waals surface area contributed by atoms with Crippen LogP contribution >= 0.6 is 11.6 Å². The Hall–Kier alpha value is -6.42. The summed E-state index contributed by atoms with van der Waals surface area (Å²) >= 11 is 6.13. The SMILES string of the molecule is CC(C)c1ccc(CO)cc1.CC(C)c1ccc(Cl)c2ccccc12.CC(C)c1ccc2ccccc2c1.CC(C)c1cccc2ccccc12.CCCCC(F)(F)C(O)c1ccc(C(C)C)cc1.CCCCCC(O)(c1ccc(C(C)C)cc1)C(F)(F)F. The third kappa shape index (κ3) is 22.8. The maximum absolute atomic E-state index is 13.7. The average Bonchev–Trinajstić information content (AvgIpc) is 1.79. The molecule has 0 spiro atoms. The Balaban J connectivity index is 0.000000231. The van der Waals surface area contributed by atoms with Crippen LogP contribution in [0, 0.1) is 0 Å². The molecule has 0 heterocycles. The number of halogens is 6. The van der Waals surface area contributed by atoms with E-state index in [9.17, 15) is 32.2 Å². The fraction of sp³-hybridized carbons (Fsp3) is 0.400. The van der Waals surface area contributed by atoms with Crippen LogP contribution < -0.4 is 0 Å². The minimum atomic E-state index is -4.65. The molecule has 89 heavy (non-hydrogen) atoms. The lowest BCUT2D eigenvalue weighted by Gasteiger charge is -2.31. The van der Waals surface area contributed by atoms with Gasteiger partial charge in [0.25, 0.3) is 5.92 Å². The number of fused-ring (bicyclic) bond motifs is 3. The second-order valence-electron chi connectivity index (χ2n) is 25.1. The molecule has 0 aromatic heterocycles. The van der Waals surface area contributed by atoms with Gasteiger partial charge in [-0.3, -0.25) is 0 Å². The molecule has 0 fully saturated rings. The third-order valence-electron chi connectivity index (χ3n) is 16.1. The van der Waals surface area contributed by atoms with Crippen LogP contribution in [-0.2, 0) is 12.2 Å². The first-order valence-corrected chi connectivity index (χ1v) is 32.4. The molecule has 0 aliphatic carbocycles. The Morgan fingerprint density at radius 2 is 0.820 bits per heavy atom. The van der Waals surface area contributed by atoms with Crippen LogP contribution in [0.15, 0.2) is 194 Å². The van der Waals surface area contributed by atoms with Gasteiger partial charge < -0.3 is 15.3 Å². The summed E-state index contributed by atoms with van der Waals surface area (Å²) in [7, 11) is 0. The normalized spacial score (nSPS) is 12.6. The zero-order valence-electron chi connectivity index (χ0n) is 55.3. The van der Waals surface area contributed by atoms with E-state index >= 15 is 0 Å². The molecule has 0 radical (unpaired) electrons. The Morgan fingerprint density at radius 1 is 0.393 bits per heavy atom. The van der Waals surface area contributed by atoms with Gasteiger partial charge in [0.2, 0.25) is 0 Å². The minimum Gasteiger partial charge on any atom is -0.392 e. The summed E-state index contributed by atoms with van der Waals surface area (Å²) in [6.07, 6.45) is -3.92. The maximum atomic E-state index is 13.7. The van der Waals surface area contributed by atoms with Crippen molar-refractivity contribution in [2.75, 3.05) is 0 Å². The highest BCUT2D eigenvalue weighted by molar-refractivity contribution is 6.35. The highest BCUT2D eigenvalue weighted by atomic mass is 35.5. The first kappa shape index (κ1) is 75.0. The van der Waals surface area contributed by atoms with Gasteiger partial charge in [-0.2, -0.15) is 13.2 Å². The van der Waals surface area contributed by atoms with Crippen LogP contribution in [0.2, 0.25) is 5.02 Å². The summed E-state index contributed by atoms with van der Waals surface area (Å²) in [5.41, 5.74) is 6.07. The summed E-state index contributed by atoms with van der Waals surface area (Å²) < 4.78 is 67.1. The largest absolute Gasteiger partial charge is 0.421 e. The summed E-state index contributed by atoms with van der Waals surface area (Å²) in [5, 5.41) is 37.3. The second kappa shape index (κ2) is 36.4. The average molecular weight is 1240 g/mol. The first-order chi connectivity index (χ1) is 42.1. The molecule has 9 rings (SSSR count). The van der Waals surface area contributed by atoms with Gasteiger partial charge in [0.15, 0.2) is 5.60 Å². The van der Waals surface area contributed by atoms with E-state index in [0.717, 1.165) is 33.5 Å². The predicted octanol–water partition coefficient (Wildman–Crippen LogP) is 24.7. The van der Waals surface area contributed by atoms with Crippen LogP contribution in [-0.4, -0.2) is 27.4 Å². The maximum Gasteiger partial charge on any atom is 0.421 e. The fourth-order valence-electron chi connectivity index (χ4n) is 10.2. The molecule has 2 unspecified atom stereocenters. The number of hydrogen-bond donors (Lipinski definition) is 3. The topological polar surface area (TPSA) is 60.7 Å². The first-order valence-electron chi connectivity index (χ1n) is 32.0. The van der Waals surface area contributed by atoms with Gasteiger partial charge in [0.05, 0.1) is 6.61 Å². The molecule has 3 nitrogen and oxygen atoms in total. The quantitative estimate of drug-likeness (QED) is 0.0629. The lowest BCUT2D eigenvalue weighted by molar-refractivity contribution is -0.269. The van der Waals surface area contributed by atoms with E-state index < -0.39 is 23.8 Å². The van der Waals surface area contributed by atoms with Crippen LogP contribution in [0.5, 0.6) is 0 Å². The van der Waals surface area contributed by atoms with Gasteiger partial charge in [-0.15, -0.1) is 0 Å². The fourth-order valence-corrected chi connectivity index (χ4v) is 10.4. The molecule has 3 N–H and O–H groups in total. The molecule has 9 heteroatoms. The zero-order valence-corrected chi connectivity index (χ0v) is 56.0. The Morgan fingerprint density at radius 3 is 1.31 bits per heavy atom. The van der Waals surface area contributed by atoms with Crippen LogP contribution in [0.3, 0.4) is 0 Å². The highest BCUT2D eigenvalue weighted by Gasteiger charge is 2.54. The lowest BCUT2D eigenvalue weighted by atomic mass is 9.86. The summed E-state index contributed by atoms with van der Waals surface area (Å²) in [6.45, 7) is 29.6. The van der Waals surface area contributed by atoms with Crippen molar-refractivity contribution in [3.63, 3.8) is 0 Å². The van der Waals surface area contributed by atoms with Crippen molar-refractivity contribution in [3.8, 4) is 0 Å². The molecule has 0 aliphatic heterocycles. The van der Waals surface area contributed by atoms with E-state index in [2.05, 4.69) is 177 Å². The number of hydrogen-bond acceptors (Lipinski definition) is 3. The van der Waals surface area contributed by atoms with E-state index in [4.69, 9.17) is 16.7 Å². The summed E-state index contributed by atoms with van der Waals surface area (Å²) in [4.78, 5) is 0. The number of alkyl halides is 5. The van der Waals surface area contributed by atoms with Gasteiger partial charge >= 0.3 is 6.18 Å². The number of aliphatic hydroxyl groups is 3. The smallest absolute Gasteiger partial charge is 0.392 e. The van der Waals surface area contributed by atoms with Crippen molar-refractivity contribution in [1.82, 2.24) is 0 Å². The van der Waals surface area contributed by atoms with Gasteiger partial charge in [0, 0.05) is 16.8 Å². The standard InChI is InChI=1S/C16H23F3O.C15H22F2O.C13H13Cl.2C13H14.C10H14O/c1-4-5-6-11-15(20,16(17,18)19)14-9-7-13(8-10-14)12(2)3;1-4-5-10-15(16,17)14(18)13-8-6-12(7-9-13)11(2)3;1-9(2)10-7-8-13(14)12-6-4-3-5-11(10)12;1-10(2)12-9-5-7-11-6-3-4-8-13(11)12;1-10(2)12-8-7-11-5-3-4-6-13(11)9-12;1-8(2)10-5-3-9(7-11)4-6-10/h7-10,12,20H,4-6,11H2,1-3H3;6-9,11,14,18H,4-5,10H2,1-3H3;3-9H,1-2H3;2*3-10H,1-2H3;3-6,8,11H,7H2,1-2H3. The van der Waals surface area contributed by atoms with E-state index in [1.165, 1.54) is 61.3 Å². The molecule has 480 valence electrons. The van der Waals surface area contributed by atoms with E-state index in [-0.39, 0.29) is 30.9 Å². The van der Waals surface area contributed by atoms with Crippen molar-refractivity contribution >= 4 is 43.9 Å². The third-order valence-corrected chi connectivity index (χ3v) is 16.4. The second-order valence-corrected chi connectivity index (χ2v) is 25.5. The molecule has 0 aliphatic rings. The lowest BCUT2D eigenvalue weighted by Crippen LogP contribution is -2.42. The van der Waals surface area contributed by atoms with Gasteiger partial charge in [-0.1, -0.05) is 316 Å². The highest BCUT2D eigenvalue weighted by Crippen LogP contribution is 2.43. The van der Waals surface area contributed by atoms with Crippen molar-refractivity contribution in [3.05, 3.63) is 249 Å². The van der Waals surface area contributed by atoms with E-state index in [0.29, 0.717) is 60.8 Å². The number of unbranched alkanes of at least 4 members (excludes halogenated alkanes) is 3. The molecular formula is C80H100ClF5O3. The minimum absolute atomic E-state index is 0.0643. The van der Waals surface area contributed by atoms with Crippen molar-refractivity contribution in [2.24, 2.45) is 0 Å². The number of aliphatic hydroxyl groups excluding tert-OH is 2.